The first kappa shape index (κ1) is 17.0. The molecule has 0 unspecified atom stereocenters. The van der Waals surface area contributed by atoms with E-state index >= 15 is 0 Å². The molecule has 0 aromatic carbocycles. The van der Waals surface area contributed by atoms with Crippen molar-refractivity contribution in [3.63, 3.8) is 0 Å². The Morgan fingerprint density at radius 1 is 1.50 bits per heavy atom. The van der Waals surface area contributed by atoms with Gasteiger partial charge in [0.2, 0.25) is 15.9 Å². The third-order valence-electron chi connectivity index (χ3n) is 3.93. The van der Waals surface area contributed by atoms with Gasteiger partial charge in [-0.25, -0.2) is 13.4 Å². The highest BCUT2D eigenvalue weighted by molar-refractivity contribution is 7.88. The van der Waals surface area contributed by atoms with Crippen LogP contribution >= 0.6 is 0 Å². The van der Waals surface area contributed by atoms with Gasteiger partial charge in [0, 0.05) is 38.4 Å². The summed E-state index contributed by atoms with van der Waals surface area (Å²) in [5, 5.41) is 2.85. The first-order valence-corrected chi connectivity index (χ1v) is 9.53. The fraction of sp³-hybridized carbons (Fsp3) is 0.714. The van der Waals surface area contributed by atoms with E-state index in [1.807, 2.05) is 6.20 Å². The van der Waals surface area contributed by atoms with Crippen LogP contribution in [0.1, 0.15) is 32.0 Å². The van der Waals surface area contributed by atoms with E-state index in [4.69, 9.17) is 0 Å². The van der Waals surface area contributed by atoms with E-state index in [0.29, 0.717) is 19.5 Å². The van der Waals surface area contributed by atoms with Crippen molar-refractivity contribution in [3.05, 3.63) is 18.2 Å². The molecule has 0 saturated carbocycles. The molecule has 22 heavy (non-hydrogen) atoms. The fourth-order valence-electron chi connectivity index (χ4n) is 2.84. The van der Waals surface area contributed by atoms with E-state index in [1.165, 1.54) is 4.31 Å². The summed E-state index contributed by atoms with van der Waals surface area (Å²) in [7, 11) is -3.31. The van der Waals surface area contributed by atoms with Crippen LogP contribution in [0, 0.1) is 0 Å². The monoisotopic (exact) mass is 328 g/mol. The number of imidazole rings is 1. The Hall–Kier alpha value is -1.41. The zero-order valence-corrected chi connectivity index (χ0v) is 14.0. The number of hydrogen-bond acceptors (Lipinski definition) is 4. The molecule has 2 rings (SSSR count). The quantitative estimate of drug-likeness (QED) is 0.733. The lowest BCUT2D eigenvalue weighted by Gasteiger charge is -2.21. The molecule has 0 bridgehead atoms. The molecule has 1 aliphatic rings. The molecule has 7 nitrogen and oxygen atoms in total. The van der Waals surface area contributed by atoms with E-state index in [-0.39, 0.29) is 5.91 Å². The van der Waals surface area contributed by atoms with Crippen LogP contribution in [-0.4, -0.2) is 53.6 Å². The van der Waals surface area contributed by atoms with Crippen LogP contribution in [0.25, 0.3) is 0 Å². The Morgan fingerprint density at radius 2 is 2.27 bits per heavy atom. The molecule has 1 saturated heterocycles. The van der Waals surface area contributed by atoms with Crippen LogP contribution in [0.2, 0.25) is 0 Å². The smallest absolute Gasteiger partial charge is 0.238 e. The van der Waals surface area contributed by atoms with Crippen LogP contribution in [-0.2, 0) is 27.8 Å². The molecular formula is C14H24N4O3S. The number of nitrogens with zero attached hydrogens (tertiary/aromatic N) is 3. The Balaban J connectivity index is 1.78. The summed E-state index contributed by atoms with van der Waals surface area (Å²) < 4.78 is 26.7. The third-order valence-corrected chi connectivity index (χ3v) is 5.21. The standard InChI is InChI=1S/C14H24N4O3S/c1-3-13-15-8-11-17(13)9-5-7-16-14(19)12-6-4-10-18(12)22(2,20)21/h8,11-12H,3-7,9-10H2,1-2H3,(H,16,19)/t12-/m0/s1. The second-order valence-corrected chi connectivity index (χ2v) is 7.50. The number of amides is 1. The van der Waals surface area contributed by atoms with Gasteiger partial charge in [0.15, 0.2) is 0 Å². The highest BCUT2D eigenvalue weighted by Gasteiger charge is 2.36. The predicted molar refractivity (Wildman–Crippen MR) is 83.8 cm³/mol. The van der Waals surface area contributed by atoms with Crippen LogP contribution in [0.4, 0.5) is 0 Å². The van der Waals surface area contributed by atoms with Crippen molar-refractivity contribution in [2.45, 2.75) is 45.2 Å². The van der Waals surface area contributed by atoms with Gasteiger partial charge in [0.05, 0.1) is 6.26 Å². The van der Waals surface area contributed by atoms with E-state index < -0.39 is 16.1 Å². The third kappa shape index (κ3) is 4.07. The van der Waals surface area contributed by atoms with Gasteiger partial charge in [-0.2, -0.15) is 4.31 Å². The molecule has 0 spiro atoms. The van der Waals surface area contributed by atoms with Gasteiger partial charge < -0.3 is 9.88 Å². The Morgan fingerprint density at radius 3 is 2.95 bits per heavy atom. The number of nitrogens with one attached hydrogen (secondary N) is 1. The number of carbonyl (C=O) groups is 1. The average Bonchev–Trinajstić information content (AvgIpc) is 3.10. The zero-order chi connectivity index (χ0) is 16.2. The van der Waals surface area contributed by atoms with Gasteiger partial charge in [-0.3, -0.25) is 4.79 Å². The lowest BCUT2D eigenvalue weighted by molar-refractivity contribution is -0.124. The minimum atomic E-state index is -3.31. The fourth-order valence-corrected chi connectivity index (χ4v) is 3.96. The molecule has 1 aromatic rings. The maximum atomic E-state index is 12.2. The SMILES string of the molecule is CCc1nccn1CCCNC(=O)[C@@H]1CCCN1S(C)(=O)=O. The molecule has 0 aliphatic carbocycles. The van der Waals surface area contributed by atoms with Crippen LogP contribution in [0.3, 0.4) is 0 Å². The van der Waals surface area contributed by atoms with Crippen molar-refractivity contribution in [1.29, 1.82) is 0 Å². The first-order valence-electron chi connectivity index (χ1n) is 7.68. The highest BCUT2D eigenvalue weighted by Crippen LogP contribution is 2.20. The van der Waals surface area contributed by atoms with Crippen molar-refractivity contribution in [2.24, 2.45) is 0 Å². The van der Waals surface area contributed by atoms with Crippen LogP contribution in [0.5, 0.6) is 0 Å². The summed E-state index contributed by atoms with van der Waals surface area (Å²) in [6.07, 6.45) is 7.87. The largest absolute Gasteiger partial charge is 0.355 e. The topological polar surface area (TPSA) is 84.3 Å². The summed E-state index contributed by atoms with van der Waals surface area (Å²) in [6.45, 7) is 3.82. The predicted octanol–water partition coefficient (Wildman–Crippen LogP) is 0.376. The molecule has 124 valence electrons. The first-order chi connectivity index (χ1) is 10.4. The van der Waals surface area contributed by atoms with Gasteiger partial charge in [-0.1, -0.05) is 6.92 Å². The molecule has 1 N–H and O–H groups in total. The van der Waals surface area contributed by atoms with Gasteiger partial charge in [0.25, 0.3) is 0 Å². The Kier molecular flexibility index (Phi) is 5.57. The summed E-state index contributed by atoms with van der Waals surface area (Å²) in [5.41, 5.74) is 0. The number of sulfonamides is 1. The van der Waals surface area contributed by atoms with E-state index in [9.17, 15) is 13.2 Å². The molecule has 0 radical (unpaired) electrons. The van der Waals surface area contributed by atoms with Crippen LogP contribution in [0.15, 0.2) is 12.4 Å². The average molecular weight is 328 g/mol. The second kappa shape index (κ2) is 7.23. The maximum absolute atomic E-state index is 12.2. The molecule has 1 amide bonds. The van der Waals surface area contributed by atoms with Crippen molar-refractivity contribution in [1.82, 2.24) is 19.2 Å². The van der Waals surface area contributed by atoms with Gasteiger partial charge >= 0.3 is 0 Å². The van der Waals surface area contributed by atoms with Gasteiger partial charge in [0.1, 0.15) is 11.9 Å². The number of hydrogen-bond donors (Lipinski definition) is 1. The minimum Gasteiger partial charge on any atom is -0.355 e. The summed E-state index contributed by atoms with van der Waals surface area (Å²) >= 11 is 0. The molecule has 2 heterocycles. The normalized spacial score (nSPS) is 19.5. The summed E-state index contributed by atoms with van der Waals surface area (Å²) in [6, 6.07) is -0.547. The van der Waals surface area contributed by atoms with Crippen molar-refractivity contribution in [3.8, 4) is 0 Å². The van der Waals surface area contributed by atoms with E-state index in [2.05, 4.69) is 21.8 Å². The van der Waals surface area contributed by atoms with Crippen LogP contribution < -0.4 is 5.32 Å². The molecule has 1 aliphatic heterocycles. The Labute approximate surface area is 131 Å². The highest BCUT2D eigenvalue weighted by atomic mass is 32.2. The van der Waals surface area contributed by atoms with E-state index in [0.717, 1.165) is 37.9 Å². The van der Waals surface area contributed by atoms with Crippen molar-refractivity contribution >= 4 is 15.9 Å². The lowest BCUT2D eigenvalue weighted by atomic mass is 10.2. The molecular weight excluding hydrogens is 304 g/mol. The zero-order valence-electron chi connectivity index (χ0n) is 13.2. The maximum Gasteiger partial charge on any atom is 0.238 e. The van der Waals surface area contributed by atoms with Crippen molar-refractivity contribution in [2.75, 3.05) is 19.3 Å². The molecule has 1 fully saturated rings. The minimum absolute atomic E-state index is 0.190. The number of aromatic nitrogens is 2. The van der Waals surface area contributed by atoms with E-state index in [1.54, 1.807) is 6.20 Å². The molecule has 1 aromatic heterocycles. The second-order valence-electron chi connectivity index (χ2n) is 5.57. The number of rotatable bonds is 7. The number of aryl methyl sites for hydroxylation is 2. The van der Waals surface area contributed by atoms with Gasteiger partial charge in [-0.15, -0.1) is 0 Å². The number of carbonyl (C=O) groups excluding carboxylic acids is 1. The Bertz CT molecular complexity index is 611. The summed E-state index contributed by atoms with van der Waals surface area (Å²) in [5.74, 6) is 0.842. The molecule has 8 heteroatoms. The van der Waals surface area contributed by atoms with Gasteiger partial charge in [-0.05, 0) is 19.3 Å². The molecule has 1 atom stereocenters. The lowest BCUT2D eigenvalue weighted by Crippen LogP contribution is -2.45. The summed E-state index contributed by atoms with van der Waals surface area (Å²) in [4.78, 5) is 16.4. The van der Waals surface area contributed by atoms with Crippen molar-refractivity contribution < 1.29 is 13.2 Å².